The molecule has 4 rings (SSSR count). The van der Waals surface area contributed by atoms with Gasteiger partial charge < -0.3 is 10.6 Å². The summed E-state index contributed by atoms with van der Waals surface area (Å²) in [5.74, 6) is -2.97. The summed E-state index contributed by atoms with van der Waals surface area (Å²) in [6.07, 6.45) is 5.34. The lowest BCUT2D eigenvalue weighted by Crippen LogP contribution is -2.49. The zero-order valence-electron chi connectivity index (χ0n) is 14.9. The van der Waals surface area contributed by atoms with Crippen LogP contribution in [0.3, 0.4) is 0 Å². The lowest BCUT2D eigenvalue weighted by molar-refractivity contribution is -0.134. The molecule has 1 aromatic rings. The van der Waals surface area contributed by atoms with Crippen LogP contribution in [0.5, 0.6) is 0 Å². The first kappa shape index (κ1) is 17.8. The second kappa shape index (κ2) is 6.85. The SMILES string of the molecule is NC(C(=O)N1CCC(F)(F)C1)C1CCC(N2Cc3cccnc3C2)CC1. The van der Waals surface area contributed by atoms with Gasteiger partial charge in [-0.25, -0.2) is 8.78 Å². The van der Waals surface area contributed by atoms with Crippen molar-refractivity contribution in [2.24, 2.45) is 11.7 Å². The van der Waals surface area contributed by atoms with Crippen LogP contribution in [0.15, 0.2) is 18.3 Å². The average molecular weight is 364 g/mol. The number of rotatable bonds is 3. The van der Waals surface area contributed by atoms with Gasteiger partial charge in [0.05, 0.1) is 18.3 Å². The van der Waals surface area contributed by atoms with E-state index in [0.29, 0.717) is 6.04 Å². The molecule has 0 radical (unpaired) electrons. The van der Waals surface area contributed by atoms with Crippen LogP contribution in [-0.2, 0) is 17.9 Å². The van der Waals surface area contributed by atoms with E-state index in [1.54, 1.807) is 0 Å². The van der Waals surface area contributed by atoms with Gasteiger partial charge in [-0.15, -0.1) is 0 Å². The van der Waals surface area contributed by atoms with Crippen molar-refractivity contribution in [3.8, 4) is 0 Å². The van der Waals surface area contributed by atoms with Gasteiger partial charge in [0.2, 0.25) is 5.91 Å². The van der Waals surface area contributed by atoms with Crippen LogP contribution in [0.25, 0.3) is 0 Å². The molecule has 3 heterocycles. The monoisotopic (exact) mass is 364 g/mol. The fraction of sp³-hybridized carbons (Fsp3) is 0.684. The van der Waals surface area contributed by atoms with Gasteiger partial charge in [0.1, 0.15) is 0 Å². The zero-order chi connectivity index (χ0) is 18.3. The quantitative estimate of drug-likeness (QED) is 0.893. The summed E-state index contributed by atoms with van der Waals surface area (Å²) in [6.45, 7) is 1.47. The third-order valence-electron chi connectivity index (χ3n) is 6.24. The van der Waals surface area contributed by atoms with E-state index in [1.165, 1.54) is 10.5 Å². The standard InChI is InChI=1S/C19H26F2N4O/c20-19(21)7-9-24(12-19)18(26)17(22)13-3-5-15(6-4-13)25-10-14-2-1-8-23-16(14)11-25/h1-2,8,13,15,17H,3-7,9-12,22H2. The Morgan fingerprint density at radius 1 is 1.27 bits per heavy atom. The van der Waals surface area contributed by atoms with Crippen molar-refractivity contribution in [3.05, 3.63) is 29.6 Å². The number of hydrogen-bond donors (Lipinski definition) is 1. The molecular weight excluding hydrogens is 338 g/mol. The first-order chi connectivity index (χ1) is 12.4. The van der Waals surface area contributed by atoms with E-state index in [1.807, 2.05) is 12.3 Å². The van der Waals surface area contributed by atoms with Crippen molar-refractivity contribution in [1.82, 2.24) is 14.8 Å². The van der Waals surface area contributed by atoms with E-state index in [-0.39, 0.29) is 24.8 Å². The van der Waals surface area contributed by atoms with E-state index >= 15 is 0 Å². The van der Waals surface area contributed by atoms with Gasteiger partial charge in [-0.3, -0.25) is 14.7 Å². The van der Waals surface area contributed by atoms with Crippen molar-refractivity contribution in [3.63, 3.8) is 0 Å². The van der Waals surface area contributed by atoms with Crippen LogP contribution in [0.1, 0.15) is 43.4 Å². The summed E-state index contributed by atoms with van der Waals surface area (Å²) in [6, 6.07) is 3.95. The molecule has 1 aliphatic carbocycles. The van der Waals surface area contributed by atoms with E-state index in [0.717, 1.165) is 44.5 Å². The highest BCUT2D eigenvalue weighted by Gasteiger charge is 2.43. The van der Waals surface area contributed by atoms with Crippen molar-refractivity contribution >= 4 is 5.91 Å². The third-order valence-corrected chi connectivity index (χ3v) is 6.24. The third kappa shape index (κ3) is 3.47. The maximum absolute atomic E-state index is 13.4. The number of carbonyl (C=O) groups excluding carboxylic acids is 1. The molecule has 1 saturated heterocycles. The summed E-state index contributed by atoms with van der Waals surface area (Å²) in [5, 5.41) is 0. The Morgan fingerprint density at radius 3 is 2.69 bits per heavy atom. The van der Waals surface area contributed by atoms with E-state index in [2.05, 4.69) is 16.0 Å². The molecule has 0 bridgehead atoms. The molecule has 5 nitrogen and oxygen atoms in total. The van der Waals surface area contributed by atoms with Gasteiger partial charge in [0.15, 0.2) is 0 Å². The molecule has 2 N–H and O–H groups in total. The van der Waals surface area contributed by atoms with Crippen LogP contribution >= 0.6 is 0 Å². The lowest BCUT2D eigenvalue weighted by Gasteiger charge is -2.36. The number of alkyl halides is 2. The average Bonchev–Trinajstić information content (AvgIpc) is 3.23. The lowest BCUT2D eigenvalue weighted by atomic mass is 9.81. The molecule has 142 valence electrons. The van der Waals surface area contributed by atoms with Crippen molar-refractivity contribution in [1.29, 1.82) is 0 Å². The van der Waals surface area contributed by atoms with E-state index in [9.17, 15) is 13.6 Å². The van der Waals surface area contributed by atoms with Crippen LogP contribution in [0.4, 0.5) is 8.78 Å². The summed E-state index contributed by atoms with van der Waals surface area (Å²) >= 11 is 0. The molecule has 1 atom stereocenters. The second-order valence-electron chi connectivity index (χ2n) is 7.97. The number of nitrogens with zero attached hydrogens (tertiary/aromatic N) is 3. The van der Waals surface area contributed by atoms with Gasteiger partial charge in [0, 0.05) is 38.3 Å². The number of halogens is 2. The Morgan fingerprint density at radius 2 is 2.04 bits per heavy atom. The van der Waals surface area contributed by atoms with Gasteiger partial charge >= 0.3 is 0 Å². The summed E-state index contributed by atoms with van der Waals surface area (Å²) in [7, 11) is 0. The Labute approximate surface area is 152 Å². The summed E-state index contributed by atoms with van der Waals surface area (Å²) in [4.78, 5) is 20.6. The topological polar surface area (TPSA) is 62.5 Å². The van der Waals surface area contributed by atoms with Crippen LogP contribution in [0, 0.1) is 5.92 Å². The smallest absolute Gasteiger partial charge is 0.267 e. The minimum Gasteiger partial charge on any atom is -0.335 e. The molecule has 1 aromatic heterocycles. The number of amides is 1. The number of aromatic nitrogens is 1. The van der Waals surface area contributed by atoms with Crippen LogP contribution in [-0.4, -0.2) is 51.8 Å². The number of likely N-dealkylation sites (tertiary alicyclic amines) is 1. The first-order valence-corrected chi connectivity index (χ1v) is 9.52. The molecule has 1 amide bonds. The first-order valence-electron chi connectivity index (χ1n) is 9.52. The van der Waals surface area contributed by atoms with Crippen LogP contribution in [0.2, 0.25) is 0 Å². The molecule has 2 fully saturated rings. The summed E-state index contributed by atoms with van der Waals surface area (Å²) in [5.41, 5.74) is 8.63. The van der Waals surface area contributed by atoms with E-state index < -0.39 is 18.5 Å². The second-order valence-corrected chi connectivity index (χ2v) is 7.97. The number of hydrogen-bond acceptors (Lipinski definition) is 4. The fourth-order valence-electron chi connectivity index (χ4n) is 4.65. The highest BCUT2D eigenvalue weighted by Crippen LogP contribution is 2.34. The maximum Gasteiger partial charge on any atom is 0.267 e. The molecule has 2 aliphatic heterocycles. The minimum absolute atomic E-state index is 0.0936. The summed E-state index contributed by atoms with van der Waals surface area (Å²) < 4.78 is 26.7. The van der Waals surface area contributed by atoms with Gasteiger partial charge in [-0.05, 0) is 43.2 Å². The largest absolute Gasteiger partial charge is 0.335 e. The number of carbonyl (C=O) groups is 1. The molecule has 3 aliphatic rings. The number of nitrogens with two attached hydrogens (primary N) is 1. The minimum atomic E-state index is -2.76. The molecular formula is C19H26F2N4O. The predicted molar refractivity (Wildman–Crippen MR) is 93.3 cm³/mol. The zero-order valence-corrected chi connectivity index (χ0v) is 14.9. The van der Waals surface area contributed by atoms with Crippen molar-refractivity contribution < 1.29 is 13.6 Å². The molecule has 0 aromatic carbocycles. The number of pyridine rings is 1. The Balaban J connectivity index is 1.29. The Kier molecular flexibility index (Phi) is 4.69. The molecule has 7 heteroatoms. The molecule has 26 heavy (non-hydrogen) atoms. The predicted octanol–water partition coefficient (Wildman–Crippen LogP) is 2.15. The molecule has 1 unspecified atom stereocenters. The Bertz CT molecular complexity index is 650. The van der Waals surface area contributed by atoms with E-state index in [4.69, 9.17) is 5.73 Å². The highest BCUT2D eigenvalue weighted by molar-refractivity contribution is 5.82. The normalized spacial score (nSPS) is 29.6. The van der Waals surface area contributed by atoms with Crippen molar-refractivity contribution in [2.75, 3.05) is 13.1 Å². The Hall–Kier alpha value is -1.60. The number of fused-ring (bicyclic) bond motifs is 1. The molecule has 0 spiro atoms. The highest BCUT2D eigenvalue weighted by atomic mass is 19.3. The molecule has 1 saturated carbocycles. The van der Waals surface area contributed by atoms with Gasteiger partial charge in [-0.1, -0.05) is 6.07 Å². The van der Waals surface area contributed by atoms with Gasteiger partial charge in [0.25, 0.3) is 5.92 Å². The fourth-order valence-corrected chi connectivity index (χ4v) is 4.65. The van der Waals surface area contributed by atoms with Crippen molar-refractivity contribution in [2.45, 2.75) is 63.2 Å². The van der Waals surface area contributed by atoms with Crippen LogP contribution < -0.4 is 5.73 Å². The van der Waals surface area contributed by atoms with Gasteiger partial charge in [-0.2, -0.15) is 0 Å². The maximum atomic E-state index is 13.4.